The lowest BCUT2D eigenvalue weighted by molar-refractivity contribution is -0.482. The van der Waals surface area contributed by atoms with E-state index in [0.717, 1.165) is 0 Å². The van der Waals surface area contributed by atoms with Gasteiger partial charge in [-0.2, -0.15) is 0 Å². The van der Waals surface area contributed by atoms with Crippen molar-refractivity contribution in [2.24, 2.45) is 0 Å². The fraction of sp³-hybridized carbons (Fsp3) is 0.139. The quantitative estimate of drug-likeness (QED) is 0.221. The first-order valence-corrected chi connectivity index (χ1v) is 13.3. The molecular weight excluding hydrogens is 460 g/mol. The minimum Gasteiger partial charge on any atom is -0.222 e. The summed E-state index contributed by atoms with van der Waals surface area (Å²) in [5.41, 5.74) is 11.4. The summed E-state index contributed by atoms with van der Waals surface area (Å²) in [7, 11) is 0. The molecule has 0 unspecified atom stereocenters. The zero-order valence-corrected chi connectivity index (χ0v) is 22.3. The molecule has 6 rings (SSSR count). The van der Waals surface area contributed by atoms with Crippen molar-refractivity contribution in [1.82, 2.24) is 0 Å². The Balaban J connectivity index is 1.58. The van der Waals surface area contributed by atoms with Gasteiger partial charge in [-0.25, -0.2) is 9.48 Å². The van der Waals surface area contributed by atoms with Gasteiger partial charge < -0.3 is 0 Å². The summed E-state index contributed by atoms with van der Waals surface area (Å²) in [6.45, 7) is 6.66. The first-order valence-electron chi connectivity index (χ1n) is 13.3. The number of anilines is 1. The SMILES string of the molecule is Cc1cc(C)c([N+]2=CN(c3cccc(-c4ccccc4)c3)[C@@H](c3ccccc3)[C@@H]2c2ccccc2)c(C)c1. The van der Waals surface area contributed by atoms with Crippen LogP contribution in [-0.4, -0.2) is 10.9 Å². The third-order valence-corrected chi connectivity index (χ3v) is 7.57. The second-order valence-corrected chi connectivity index (χ2v) is 10.3. The normalized spacial score (nSPS) is 16.9. The zero-order chi connectivity index (χ0) is 26.1. The van der Waals surface area contributed by atoms with Gasteiger partial charge in [0.2, 0.25) is 6.34 Å². The molecule has 0 N–H and O–H groups in total. The Kier molecular flexibility index (Phi) is 6.39. The Bertz CT molecular complexity index is 1560. The average Bonchev–Trinajstić information content (AvgIpc) is 3.34. The van der Waals surface area contributed by atoms with Gasteiger partial charge >= 0.3 is 0 Å². The van der Waals surface area contributed by atoms with Gasteiger partial charge in [0.25, 0.3) is 0 Å². The maximum atomic E-state index is 2.51. The molecule has 0 fully saturated rings. The van der Waals surface area contributed by atoms with E-state index in [1.165, 1.54) is 50.3 Å². The molecule has 1 heterocycles. The molecule has 0 aromatic heterocycles. The van der Waals surface area contributed by atoms with Crippen molar-refractivity contribution in [3.05, 3.63) is 155 Å². The van der Waals surface area contributed by atoms with Crippen molar-refractivity contribution in [2.45, 2.75) is 32.9 Å². The van der Waals surface area contributed by atoms with Crippen LogP contribution in [0.25, 0.3) is 11.1 Å². The summed E-state index contributed by atoms with van der Waals surface area (Å²) >= 11 is 0. The zero-order valence-electron chi connectivity index (χ0n) is 22.3. The van der Waals surface area contributed by atoms with E-state index in [4.69, 9.17) is 0 Å². The lowest BCUT2D eigenvalue weighted by atomic mass is 9.91. The molecule has 5 aromatic rings. The monoisotopic (exact) mass is 493 g/mol. The molecular formula is C36H33N2+. The minimum atomic E-state index is 0.102. The fourth-order valence-electron chi connectivity index (χ4n) is 6.05. The summed E-state index contributed by atoms with van der Waals surface area (Å²) < 4.78 is 2.51. The smallest absolute Gasteiger partial charge is 0.222 e. The van der Waals surface area contributed by atoms with Crippen LogP contribution in [0.5, 0.6) is 0 Å². The number of benzene rings is 5. The van der Waals surface area contributed by atoms with Crippen LogP contribution in [0.3, 0.4) is 0 Å². The van der Waals surface area contributed by atoms with E-state index in [1.807, 2.05) is 0 Å². The van der Waals surface area contributed by atoms with Crippen LogP contribution in [0.15, 0.2) is 127 Å². The number of hydrogen-bond donors (Lipinski definition) is 0. The van der Waals surface area contributed by atoms with Crippen molar-refractivity contribution in [3.63, 3.8) is 0 Å². The molecule has 0 saturated carbocycles. The average molecular weight is 494 g/mol. The highest BCUT2D eigenvalue weighted by Crippen LogP contribution is 2.46. The van der Waals surface area contributed by atoms with Crippen LogP contribution in [0.4, 0.5) is 11.4 Å². The molecule has 38 heavy (non-hydrogen) atoms. The first kappa shape index (κ1) is 23.9. The Labute approximate surface area is 226 Å². The van der Waals surface area contributed by atoms with Gasteiger partial charge in [-0.05, 0) is 55.2 Å². The summed E-state index contributed by atoms with van der Waals surface area (Å²) in [5, 5.41) is 0. The Hall–Kier alpha value is -4.43. The maximum Gasteiger partial charge on any atom is 0.245 e. The van der Waals surface area contributed by atoms with Crippen LogP contribution < -0.4 is 4.90 Å². The number of aryl methyl sites for hydroxylation is 3. The molecule has 1 aliphatic rings. The molecule has 186 valence electrons. The van der Waals surface area contributed by atoms with Gasteiger partial charge in [0.1, 0.15) is 11.4 Å². The first-order chi connectivity index (χ1) is 18.6. The number of rotatable bonds is 5. The Morgan fingerprint density at radius 3 is 1.74 bits per heavy atom. The molecule has 0 spiro atoms. The van der Waals surface area contributed by atoms with Crippen LogP contribution in [0.2, 0.25) is 0 Å². The van der Waals surface area contributed by atoms with Gasteiger partial charge in [0.05, 0.1) is 0 Å². The number of nitrogens with zero attached hydrogens (tertiary/aromatic N) is 2. The lowest BCUT2D eigenvalue weighted by Crippen LogP contribution is -2.26. The molecule has 2 heteroatoms. The van der Waals surface area contributed by atoms with Gasteiger partial charge in [0, 0.05) is 11.1 Å². The van der Waals surface area contributed by atoms with Crippen molar-refractivity contribution in [3.8, 4) is 11.1 Å². The summed E-state index contributed by atoms with van der Waals surface area (Å²) in [4.78, 5) is 2.47. The molecule has 0 bridgehead atoms. The lowest BCUT2D eigenvalue weighted by Gasteiger charge is -2.25. The number of hydrogen-bond acceptors (Lipinski definition) is 1. The predicted molar refractivity (Wildman–Crippen MR) is 159 cm³/mol. The molecule has 2 atom stereocenters. The van der Waals surface area contributed by atoms with Crippen LogP contribution in [0.1, 0.15) is 39.9 Å². The van der Waals surface area contributed by atoms with Gasteiger partial charge in [-0.1, -0.05) is 121 Å². The Morgan fingerprint density at radius 1 is 0.553 bits per heavy atom. The molecule has 0 amide bonds. The summed E-state index contributed by atoms with van der Waals surface area (Å²) in [6, 6.07) is 46.3. The highest BCUT2D eigenvalue weighted by Gasteiger charge is 2.46. The van der Waals surface area contributed by atoms with Gasteiger partial charge in [0.15, 0.2) is 12.1 Å². The van der Waals surface area contributed by atoms with E-state index in [9.17, 15) is 0 Å². The van der Waals surface area contributed by atoms with Crippen LogP contribution >= 0.6 is 0 Å². The summed E-state index contributed by atoms with van der Waals surface area (Å²) in [5.74, 6) is 0. The molecule has 2 nitrogen and oxygen atoms in total. The van der Waals surface area contributed by atoms with Crippen molar-refractivity contribution >= 4 is 17.7 Å². The van der Waals surface area contributed by atoms with Crippen molar-refractivity contribution in [1.29, 1.82) is 0 Å². The molecule has 1 aliphatic heterocycles. The molecule has 0 radical (unpaired) electrons. The predicted octanol–water partition coefficient (Wildman–Crippen LogP) is 8.95. The molecule has 0 saturated heterocycles. The molecule has 5 aromatic carbocycles. The van der Waals surface area contributed by atoms with Gasteiger partial charge in [-0.15, -0.1) is 0 Å². The minimum absolute atomic E-state index is 0.102. The Morgan fingerprint density at radius 2 is 1.11 bits per heavy atom. The third-order valence-electron chi connectivity index (χ3n) is 7.57. The van der Waals surface area contributed by atoms with Gasteiger partial charge in [-0.3, -0.25) is 0 Å². The van der Waals surface area contributed by atoms with Crippen LogP contribution in [0, 0.1) is 20.8 Å². The molecule has 0 aliphatic carbocycles. The van der Waals surface area contributed by atoms with E-state index in [2.05, 4.69) is 164 Å². The van der Waals surface area contributed by atoms with E-state index < -0.39 is 0 Å². The summed E-state index contributed by atoms with van der Waals surface area (Å²) in [6.07, 6.45) is 2.34. The van der Waals surface area contributed by atoms with E-state index in [0.29, 0.717) is 0 Å². The van der Waals surface area contributed by atoms with E-state index in [1.54, 1.807) is 0 Å². The van der Waals surface area contributed by atoms with Crippen molar-refractivity contribution in [2.75, 3.05) is 4.90 Å². The second-order valence-electron chi connectivity index (χ2n) is 10.3. The fourth-order valence-corrected chi connectivity index (χ4v) is 6.05. The topological polar surface area (TPSA) is 6.25 Å². The highest BCUT2D eigenvalue weighted by atomic mass is 15.3. The van der Waals surface area contributed by atoms with Crippen molar-refractivity contribution < 1.29 is 4.58 Å². The van der Waals surface area contributed by atoms with Crippen LogP contribution in [-0.2, 0) is 0 Å². The van der Waals surface area contributed by atoms with E-state index >= 15 is 0 Å². The largest absolute Gasteiger partial charge is 0.245 e. The standard InChI is InChI=1S/C36H33N2/c1-26-22-27(2)34(28(3)23-26)38-25-37(33-21-13-20-32(24-33)29-14-7-4-8-15-29)35(30-16-9-5-10-17-30)36(38)31-18-11-6-12-19-31/h4-25,35-36H,1-3H3/q+1/t35-,36-/m0/s1. The maximum absolute atomic E-state index is 2.51. The highest BCUT2D eigenvalue weighted by molar-refractivity contribution is 5.83. The van der Waals surface area contributed by atoms with E-state index in [-0.39, 0.29) is 12.1 Å². The second kappa shape index (κ2) is 10.1. The third kappa shape index (κ3) is 4.43.